The van der Waals surface area contributed by atoms with E-state index in [1.807, 2.05) is 0 Å². The quantitative estimate of drug-likeness (QED) is 0.817. The second-order valence-corrected chi connectivity index (χ2v) is 4.31. The number of rotatable bonds is 2. The zero-order valence-corrected chi connectivity index (χ0v) is 9.67. The van der Waals surface area contributed by atoms with E-state index in [-0.39, 0.29) is 42.2 Å². The molecule has 0 radical (unpaired) electrons. The van der Waals surface area contributed by atoms with Crippen LogP contribution in [0, 0.1) is 0 Å². The lowest BCUT2D eigenvalue weighted by molar-refractivity contribution is -0.142. The van der Waals surface area contributed by atoms with E-state index in [2.05, 4.69) is 5.10 Å². The van der Waals surface area contributed by atoms with Gasteiger partial charge in [0.1, 0.15) is 12.2 Å². The fourth-order valence-electron chi connectivity index (χ4n) is 2.15. The van der Waals surface area contributed by atoms with Crippen LogP contribution in [0.5, 0.6) is 0 Å². The molecule has 0 N–H and O–H groups in total. The minimum absolute atomic E-state index is 0.0521. The summed E-state index contributed by atoms with van der Waals surface area (Å²) in [6, 6.07) is 0. The molecule has 4 nitrogen and oxygen atoms in total. The van der Waals surface area contributed by atoms with Crippen molar-refractivity contribution >= 4 is 11.6 Å². The maximum Gasteiger partial charge on any atom is 0.435 e. The number of ketones is 2. The average molecular weight is 260 g/mol. The molecule has 1 aromatic rings. The van der Waals surface area contributed by atoms with E-state index >= 15 is 0 Å². The normalized spacial score (nSPS) is 15.7. The maximum absolute atomic E-state index is 12.8. The van der Waals surface area contributed by atoms with Crippen molar-refractivity contribution in [3.05, 3.63) is 17.0 Å². The van der Waals surface area contributed by atoms with Crippen LogP contribution in [0.2, 0.25) is 0 Å². The molecule has 0 bridgehead atoms. The van der Waals surface area contributed by atoms with Gasteiger partial charge in [0.25, 0.3) is 0 Å². The predicted molar refractivity (Wildman–Crippen MR) is 55.2 cm³/mol. The molecule has 1 aliphatic rings. The lowest BCUT2D eigenvalue weighted by Crippen LogP contribution is -2.18. The first-order valence-corrected chi connectivity index (χ1v) is 5.50. The molecular formula is C11H11F3N2O2. The number of carbonyl (C=O) groups is 2. The Hall–Kier alpha value is -1.66. The molecule has 18 heavy (non-hydrogen) atoms. The van der Waals surface area contributed by atoms with Gasteiger partial charge in [0.15, 0.2) is 17.3 Å². The van der Waals surface area contributed by atoms with E-state index in [1.54, 1.807) is 0 Å². The van der Waals surface area contributed by atoms with Crippen molar-refractivity contribution in [1.82, 2.24) is 9.78 Å². The summed E-state index contributed by atoms with van der Waals surface area (Å²) in [7, 11) is 0. The third-order valence-electron chi connectivity index (χ3n) is 2.79. The summed E-state index contributed by atoms with van der Waals surface area (Å²) in [5.41, 5.74) is -1.16. The van der Waals surface area contributed by atoms with Crippen LogP contribution >= 0.6 is 0 Å². The predicted octanol–water partition coefficient (Wildman–Crippen LogP) is 2.01. The van der Waals surface area contributed by atoms with E-state index in [1.165, 1.54) is 6.92 Å². The molecule has 1 aliphatic carbocycles. The highest BCUT2D eigenvalue weighted by Gasteiger charge is 2.41. The third kappa shape index (κ3) is 2.16. The van der Waals surface area contributed by atoms with Gasteiger partial charge in [0.05, 0.1) is 0 Å². The van der Waals surface area contributed by atoms with Crippen LogP contribution in [0.1, 0.15) is 41.5 Å². The van der Waals surface area contributed by atoms with E-state index in [0.29, 0.717) is 6.42 Å². The molecule has 2 rings (SSSR count). The Kier molecular flexibility index (Phi) is 3.00. The Labute approximate surface area is 101 Å². The van der Waals surface area contributed by atoms with Crippen molar-refractivity contribution in [2.75, 3.05) is 0 Å². The van der Waals surface area contributed by atoms with Gasteiger partial charge in [-0.05, 0) is 19.8 Å². The van der Waals surface area contributed by atoms with Crippen LogP contribution in [0.15, 0.2) is 0 Å². The SMILES string of the molecule is CC(=O)Cn1nc(C(F)(F)F)c2c1C(=O)CCC2. The molecule has 1 heterocycles. The number of alkyl halides is 3. The second-order valence-electron chi connectivity index (χ2n) is 4.31. The summed E-state index contributed by atoms with van der Waals surface area (Å²) in [4.78, 5) is 22.7. The van der Waals surface area contributed by atoms with Gasteiger partial charge in [-0.1, -0.05) is 0 Å². The highest BCUT2D eigenvalue weighted by Crippen LogP contribution is 2.35. The smallest absolute Gasteiger partial charge is 0.298 e. The molecule has 0 aliphatic heterocycles. The van der Waals surface area contributed by atoms with Crippen LogP contribution in [0.4, 0.5) is 13.2 Å². The van der Waals surface area contributed by atoms with Gasteiger partial charge in [-0.3, -0.25) is 14.3 Å². The van der Waals surface area contributed by atoms with E-state index < -0.39 is 11.9 Å². The maximum atomic E-state index is 12.8. The van der Waals surface area contributed by atoms with Crippen LogP contribution in [0.25, 0.3) is 0 Å². The number of hydrogen-bond donors (Lipinski definition) is 0. The fourth-order valence-corrected chi connectivity index (χ4v) is 2.15. The largest absolute Gasteiger partial charge is 0.435 e. The summed E-state index contributed by atoms with van der Waals surface area (Å²) >= 11 is 0. The Morgan fingerprint density at radius 2 is 2.06 bits per heavy atom. The zero-order valence-electron chi connectivity index (χ0n) is 9.67. The van der Waals surface area contributed by atoms with Crippen LogP contribution in [-0.2, 0) is 23.9 Å². The van der Waals surface area contributed by atoms with Crippen LogP contribution in [0.3, 0.4) is 0 Å². The molecule has 0 amide bonds. The summed E-state index contributed by atoms with van der Waals surface area (Å²) in [5.74, 6) is -0.715. The highest BCUT2D eigenvalue weighted by atomic mass is 19.4. The number of Topliss-reactive ketones (excluding diaryl/α,β-unsaturated/α-hetero) is 2. The molecule has 0 fully saturated rings. The molecule has 1 aromatic heterocycles. The summed E-state index contributed by atoms with van der Waals surface area (Å²) in [6.07, 6.45) is -3.83. The fraction of sp³-hybridized carbons (Fsp3) is 0.545. The molecule has 0 spiro atoms. The van der Waals surface area contributed by atoms with Gasteiger partial charge >= 0.3 is 6.18 Å². The first-order valence-electron chi connectivity index (χ1n) is 5.50. The number of hydrogen-bond acceptors (Lipinski definition) is 3. The van der Waals surface area contributed by atoms with Crippen molar-refractivity contribution < 1.29 is 22.8 Å². The van der Waals surface area contributed by atoms with Crippen molar-refractivity contribution in [2.45, 2.75) is 38.9 Å². The minimum atomic E-state index is -4.59. The van der Waals surface area contributed by atoms with Gasteiger partial charge in [0, 0.05) is 12.0 Å². The summed E-state index contributed by atoms with van der Waals surface area (Å²) in [6.45, 7) is 0.943. The molecule has 0 atom stereocenters. The standard InChI is InChI=1S/C11H11F3N2O2/c1-6(17)5-16-9-7(3-2-4-8(9)18)10(15-16)11(12,13)14/h2-5H2,1H3. The number of halogens is 3. The van der Waals surface area contributed by atoms with E-state index in [0.717, 1.165) is 4.68 Å². The Morgan fingerprint density at radius 1 is 1.39 bits per heavy atom. The average Bonchev–Trinajstić information content (AvgIpc) is 2.57. The monoisotopic (exact) mass is 260 g/mol. The Morgan fingerprint density at radius 3 is 2.61 bits per heavy atom. The summed E-state index contributed by atoms with van der Waals surface area (Å²) < 4.78 is 39.2. The Bertz CT molecular complexity index is 517. The first kappa shape index (κ1) is 12.8. The molecule has 0 aromatic carbocycles. The number of fused-ring (bicyclic) bond motifs is 1. The van der Waals surface area contributed by atoms with Crippen LogP contribution < -0.4 is 0 Å². The summed E-state index contributed by atoms with van der Waals surface area (Å²) in [5, 5.41) is 3.40. The van der Waals surface area contributed by atoms with E-state index in [4.69, 9.17) is 0 Å². The zero-order chi connectivity index (χ0) is 13.5. The topological polar surface area (TPSA) is 52.0 Å². The van der Waals surface area contributed by atoms with Crippen molar-refractivity contribution in [3.63, 3.8) is 0 Å². The lowest BCUT2D eigenvalue weighted by atomic mass is 9.94. The molecule has 0 saturated carbocycles. The van der Waals surface area contributed by atoms with Crippen molar-refractivity contribution in [2.24, 2.45) is 0 Å². The molecular weight excluding hydrogens is 249 g/mol. The van der Waals surface area contributed by atoms with Gasteiger partial charge < -0.3 is 0 Å². The van der Waals surface area contributed by atoms with Gasteiger partial charge in [-0.15, -0.1) is 0 Å². The number of nitrogens with zero attached hydrogens (tertiary/aromatic N) is 2. The minimum Gasteiger partial charge on any atom is -0.298 e. The highest BCUT2D eigenvalue weighted by molar-refractivity contribution is 5.97. The van der Waals surface area contributed by atoms with Crippen LogP contribution in [-0.4, -0.2) is 21.3 Å². The van der Waals surface area contributed by atoms with Gasteiger partial charge in [-0.25, -0.2) is 0 Å². The van der Waals surface area contributed by atoms with Crippen molar-refractivity contribution in [1.29, 1.82) is 0 Å². The first-order chi connectivity index (χ1) is 8.30. The van der Waals surface area contributed by atoms with E-state index in [9.17, 15) is 22.8 Å². The Balaban J connectivity index is 2.58. The molecule has 0 unspecified atom stereocenters. The lowest BCUT2D eigenvalue weighted by Gasteiger charge is -2.13. The van der Waals surface area contributed by atoms with Crippen molar-refractivity contribution in [3.8, 4) is 0 Å². The second kappa shape index (κ2) is 4.22. The molecule has 7 heteroatoms. The molecule has 98 valence electrons. The number of aromatic nitrogens is 2. The third-order valence-corrected chi connectivity index (χ3v) is 2.79. The number of carbonyl (C=O) groups excluding carboxylic acids is 2. The van der Waals surface area contributed by atoms with Gasteiger partial charge in [0.2, 0.25) is 0 Å². The molecule has 0 saturated heterocycles. The van der Waals surface area contributed by atoms with Gasteiger partial charge in [-0.2, -0.15) is 18.3 Å².